The molecule has 0 heterocycles. The second kappa shape index (κ2) is 4.84. The second-order valence-electron chi connectivity index (χ2n) is 6.60. The zero-order chi connectivity index (χ0) is 16.9. The van der Waals surface area contributed by atoms with E-state index in [0.29, 0.717) is 11.1 Å². The molecule has 0 aliphatic heterocycles. The first-order valence-electron chi connectivity index (χ1n) is 7.24. The zero-order valence-corrected chi connectivity index (χ0v) is 13.0. The highest BCUT2D eigenvalue weighted by atomic mass is 16.6. The molecule has 0 unspecified atom stereocenters. The van der Waals surface area contributed by atoms with Crippen molar-refractivity contribution in [3.8, 4) is 0 Å². The number of nitro groups is 1. The number of nitrogens with zero attached hydrogens (tertiary/aromatic N) is 1. The Balaban J connectivity index is 2.40. The number of carbonyl (C=O) groups is 2. The van der Waals surface area contributed by atoms with Crippen molar-refractivity contribution >= 4 is 17.3 Å². The quantitative estimate of drug-likeness (QED) is 0.507. The summed E-state index contributed by atoms with van der Waals surface area (Å²) in [5.41, 5.74) is 0.198. The molecule has 23 heavy (non-hydrogen) atoms. The minimum Gasteiger partial charge on any atom is -0.289 e. The van der Waals surface area contributed by atoms with E-state index in [0.717, 1.165) is 0 Å². The molecule has 0 spiro atoms. The number of rotatable bonds is 1. The first kappa shape index (κ1) is 15.1. The Hall–Kier alpha value is -2.82. The Morgan fingerprint density at radius 2 is 1.43 bits per heavy atom. The number of hydrogen-bond acceptors (Lipinski definition) is 4. The van der Waals surface area contributed by atoms with E-state index in [1.165, 1.54) is 12.1 Å². The van der Waals surface area contributed by atoms with Gasteiger partial charge in [-0.2, -0.15) is 0 Å². The van der Waals surface area contributed by atoms with Crippen LogP contribution in [0.4, 0.5) is 5.69 Å². The van der Waals surface area contributed by atoms with Crippen LogP contribution in [0.3, 0.4) is 0 Å². The van der Waals surface area contributed by atoms with Gasteiger partial charge in [-0.25, -0.2) is 0 Å². The summed E-state index contributed by atoms with van der Waals surface area (Å²) >= 11 is 0. The van der Waals surface area contributed by atoms with Gasteiger partial charge in [-0.15, -0.1) is 0 Å². The van der Waals surface area contributed by atoms with Crippen LogP contribution >= 0.6 is 0 Å². The molecule has 0 N–H and O–H groups in total. The third kappa shape index (κ3) is 2.16. The maximum absolute atomic E-state index is 12.8. The van der Waals surface area contributed by atoms with E-state index >= 15 is 0 Å². The Kier molecular flexibility index (Phi) is 3.18. The normalized spacial score (nSPS) is 13.5. The topological polar surface area (TPSA) is 77.3 Å². The van der Waals surface area contributed by atoms with E-state index in [1.807, 2.05) is 20.8 Å². The molecule has 116 valence electrons. The number of carbonyl (C=O) groups excluding carboxylic acids is 2. The van der Waals surface area contributed by atoms with Crippen molar-refractivity contribution in [1.29, 1.82) is 0 Å². The van der Waals surface area contributed by atoms with Crippen molar-refractivity contribution in [1.82, 2.24) is 0 Å². The molecule has 1 aliphatic carbocycles. The van der Waals surface area contributed by atoms with Crippen LogP contribution in [0.1, 0.15) is 58.2 Å². The van der Waals surface area contributed by atoms with Gasteiger partial charge in [-0.1, -0.05) is 51.1 Å². The highest BCUT2D eigenvalue weighted by Gasteiger charge is 2.39. The third-order valence-electron chi connectivity index (χ3n) is 4.06. The average molecular weight is 309 g/mol. The molecule has 0 saturated heterocycles. The average Bonchev–Trinajstić information content (AvgIpc) is 2.50. The summed E-state index contributed by atoms with van der Waals surface area (Å²) in [7, 11) is 0. The van der Waals surface area contributed by atoms with Crippen LogP contribution in [-0.2, 0) is 5.41 Å². The highest BCUT2D eigenvalue weighted by molar-refractivity contribution is 6.29. The Bertz CT molecular complexity index is 875. The van der Waals surface area contributed by atoms with Gasteiger partial charge in [0, 0.05) is 22.3 Å². The summed E-state index contributed by atoms with van der Waals surface area (Å²) in [5.74, 6) is -0.813. The molecule has 5 nitrogen and oxygen atoms in total. The van der Waals surface area contributed by atoms with Gasteiger partial charge in [0.15, 0.2) is 5.78 Å². The SMILES string of the molecule is CC(C)(C)c1ccc2c(c1[N+](=O)[O-])C(=O)c1ccccc1C2=O. The van der Waals surface area contributed by atoms with E-state index in [-0.39, 0.29) is 28.2 Å². The third-order valence-corrected chi connectivity index (χ3v) is 4.06. The van der Waals surface area contributed by atoms with Gasteiger partial charge in [0.2, 0.25) is 5.78 Å². The van der Waals surface area contributed by atoms with Crippen LogP contribution < -0.4 is 0 Å². The van der Waals surface area contributed by atoms with Crippen LogP contribution in [0.15, 0.2) is 36.4 Å². The minimum atomic E-state index is -0.557. The van der Waals surface area contributed by atoms with E-state index in [9.17, 15) is 19.7 Å². The molecule has 0 fully saturated rings. The lowest BCUT2D eigenvalue weighted by Gasteiger charge is -2.23. The Morgan fingerprint density at radius 3 is 1.96 bits per heavy atom. The van der Waals surface area contributed by atoms with Crippen molar-refractivity contribution in [3.63, 3.8) is 0 Å². The van der Waals surface area contributed by atoms with Gasteiger partial charge in [0.1, 0.15) is 5.56 Å². The van der Waals surface area contributed by atoms with Crippen molar-refractivity contribution in [3.05, 3.63) is 74.3 Å². The molecule has 5 heteroatoms. The van der Waals surface area contributed by atoms with Gasteiger partial charge in [-0.05, 0) is 11.5 Å². The van der Waals surface area contributed by atoms with Crippen molar-refractivity contribution in [2.75, 3.05) is 0 Å². The molecule has 3 rings (SSSR count). The summed E-state index contributed by atoms with van der Waals surface area (Å²) < 4.78 is 0. The van der Waals surface area contributed by atoms with Crippen LogP contribution in [0.25, 0.3) is 0 Å². The second-order valence-corrected chi connectivity index (χ2v) is 6.60. The number of benzene rings is 2. The number of nitro benzene ring substituents is 1. The molecular formula is C18H15NO4. The fourth-order valence-electron chi connectivity index (χ4n) is 2.96. The summed E-state index contributed by atoms with van der Waals surface area (Å²) in [6.07, 6.45) is 0. The lowest BCUT2D eigenvalue weighted by molar-refractivity contribution is -0.386. The monoisotopic (exact) mass is 309 g/mol. The summed E-state index contributed by atoms with van der Waals surface area (Å²) in [5, 5.41) is 11.6. The molecule has 1 aliphatic rings. The predicted octanol–water partition coefficient (Wildman–Crippen LogP) is 3.67. The van der Waals surface area contributed by atoms with Gasteiger partial charge in [0.05, 0.1) is 4.92 Å². The number of hydrogen-bond donors (Lipinski definition) is 0. The maximum atomic E-state index is 12.8. The molecule has 0 amide bonds. The van der Waals surface area contributed by atoms with E-state index in [1.54, 1.807) is 24.3 Å². The molecule has 2 aromatic carbocycles. The van der Waals surface area contributed by atoms with Crippen molar-refractivity contribution < 1.29 is 14.5 Å². The molecule has 0 radical (unpaired) electrons. The van der Waals surface area contributed by atoms with E-state index < -0.39 is 16.1 Å². The first-order valence-corrected chi connectivity index (χ1v) is 7.24. The van der Waals surface area contributed by atoms with Crippen LogP contribution in [-0.4, -0.2) is 16.5 Å². The van der Waals surface area contributed by atoms with Gasteiger partial charge in [0.25, 0.3) is 5.69 Å². The molecule has 0 aromatic heterocycles. The smallest absolute Gasteiger partial charge is 0.284 e. The lowest BCUT2D eigenvalue weighted by atomic mass is 9.78. The molecule has 0 bridgehead atoms. The van der Waals surface area contributed by atoms with Crippen molar-refractivity contribution in [2.24, 2.45) is 0 Å². The Morgan fingerprint density at radius 1 is 0.870 bits per heavy atom. The van der Waals surface area contributed by atoms with Crippen LogP contribution in [0, 0.1) is 10.1 Å². The fourth-order valence-corrected chi connectivity index (χ4v) is 2.96. The largest absolute Gasteiger partial charge is 0.289 e. The predicted molar refractivity (Wildman–Crippen MR) is 85.1 cm³/mol. The first-order chi connectivity index (χ1) is 10.7. The van der Waals surface area contributed by atoms with Gasteiger partial charge >= 0.3 is 0 Å². The van der Waals surface area contributed by atoms with Crippen LogP contribution in [0.5, 0.6) is 0 Å². The van der Waals surface area contributed by atoms with Crippen molar-refractivity contribution in [2.45, 2.75) is 26.2 Å². The molecule has 2 aromatic rings. The van der Waals surface area contributed by atoms with E-state index in [4.69, 9.17) is 0 Å². The number of ketones is 2. The molecule has 0 saturated carbocycles. The van der Waals surface area contributed by atoms with E-state index in [2.05, 4.69) is 0 Å². The fraction of sp³-hybridized carbons (Fsp3) is 0.222. The summed E-state index contributed by atoms with van der Waals surface area (Å²) in [6.45, 7) is 5.51. The maximum Gasteiger partial charge on any atom is 0.284 e. The van der Waals surface area contributed by atoms with Crippen LogP contribution in [0.2, 0.25) is 0 Å². The van der Waals surface area contributed by atoms with Gasteiger partial charge < -0.3 is 0 Å². The highest BCUT2D eigenvalue weighted by Crippen LogP contribution is 2.39. The Labute approximate surface area is 133 Å². The lowest BCUT2D eigenvalue weighted by Crippen LogP contribution is -2.25. The summed E-state index contributed by atoms with van der Waals surface area (Å²) in [6, 6.07) is 9.53. The summed E-state index contributed by atoms with van der Waals surface area (Å²) in [4.78, 5) is 36.5. The number of fused-ring (bicyclic) bond motifs is 2. The zero-order valence-electron chi connectivity index (χ0n) is 13.0. The molecule has 0 atom stereocenters. The minimum absolute atomic E-state index is 0.0916. The van der Waals surface area contributed by atoms with Gasteiger partial charge in [-0.3, -0.25) is 19.7 Å². The standard InChI is InChI=1S/C18H15NO4/c1-18(2,3)13-9-8-12-14(15(13)19(22)23)17(21)11-7-5-4-6-10(11)16(12)20/h4-9H,1-3H3. The molecular weight excluding hydrogens is 294 g/mol.